The average Bonchev–Trinajstić information content (AvgIpc) is 2.96. The molecule has 0 spiro atoms. The van der Waals surface area contributed by atoms with Crippen LogP contribution in [0.25, 0.3) is 11.3 Å². The molecule has 0 bridgehead atoms. The molecular formula is C21H18F3N5O. The van der Waals surface area contributed by atoms with Gasteiger partial charge in [0.15, 0.2) is 0 Å². The molecule has 3 aromatic rings. The zero-order valence-electron chi connectivity index (χ0n) is 15.9. The standard InChI is InChI=1S/C21H18F3N5O/c22-21(23,24)16-6-3-5-15(12-16)17-8-7-14-4-1-2-11-29(19(14)27-17)20(30)28-18-9-10-25-13-26-18/h3,5-10,12-13H,1-2,4,11H2,(H,25,26,28,30). The van der Waals surface area contributed by atoms with E-state index in [0.717, 1.165) is 37.0 Å². The van der Waals surface area contributed by atoms with E-state index < -0.39 is 17.8 Å². The van der Waals surface area contributed by atoms with Gasteiger partial charge in [0.1, 0.15) is 18.0 Å². The summed E-state index contributed by atoms with van der Waals surface area (Å²) in [6.45, 7) is 0.447. The number of pyridine rings is 1. The maximum Gasteiger partial charge on any atom is 0.416 e. The summed E-state index contributed by atoms with van der Waals surface area (Å²) in [4.78, 5) is 26.8. The minimum absolute atomic E-state index is 0.341. The van der Waals surface area contributed by atoms with Crippen LogP contribution in [0, 0.1) is 0 Å². The normalized spacial score (nSPS) is 14.0. The molecule has 154 valence electrons. The molecule has 0 atom stereocenters. The smallest absolute Gasteiger partial charge is 0.292 e. The molecular weight excluding hydrogens is 395 g/mol. The maximum atomic E-state index is 13.1. The number of carbonyl (C=O) groups excluding carboxylic acids is 1. The fourth-order valence-electron chi connectivity index (χ4n) is 3.35. The first-order valence-corrected chi connectivity index (χ1v) is 9.44. The minimum Gasteiger partial charge on any atom is -0.292 e. The summed E-state index contributed by atoms with van der Waals surface area (Å²) in [5.74, 6) is 0.809. The van der Waals surface area contributed by atoms with Gasteiger partial charge in [0.2, 0.25) is 0 Å². The van der Waals surface area contributed by atoms with Gasteiger partial charge in [0, 0.05) is 18.3 Å². The fraction of sp³-hybridized carbons (Fsp3) is 0.238. The van der Waals surface area contributed by atoms with Crippen LogP contribution in [0.1, 0.15) is 24.0 Å². The van der Waals surface area contributed by atoms with Crippen LogP contribution in [0.15, 0.2) is 55.0 Å². The van der Waals surface area contributed by atoms with Crippen LogP contribution in [0.3, 0.4) is 0 Å². The van der Waals surface area contributed by atoms with E-state index in [1.54, 1.807) is 18.2 Å². The number of benzene rings is 1. The van der Waals surface area contributed by atoms with Gasteiger partial charge in [-0.05, 0) is 49.1 Å². The highest BCUT2D eigenvalue weighted by Gasteiger charge is 2.31. The number of hydrogen-bond acceptors (Lipinski definition) is 4. The number of halogens is 3. The van der Waals surface area contributed by atoms with Crippen molar-refractivity contribution in [3.8, 4) is 11.3 Å². The number of hydrogen-bond donors (Lipinski definition) is 1. The van der Waals surface area contributed by atoms with Crippen molar-refractivity contribution in [2.24, 2.45) is 0 Å². The molecule has 30 heavy (non-hydrogen) atoms. The molecule has 2 amide bonds. The summed E-state index contributed by atoms with van der Waals surface area (Å²) in [6.07, 6.45) is 0.813. The number of nitrogens with zero attached hydrogens (tertiary/aromatic N) is 4. The van der Waals surface area contributed by atoms with E-state index in [9.17, 15) is 18.0 Å². The van der Waals surface area contributed by atoms with Crippen molar-refractivity contribution in [3.05, 3.63) is 66.1 Å². The first kappa shape index (κ1) is 19.8. The molecule has 0 radical (unpaired) electrons. The number of aryl methyl sites for hydroxylation is 1. The van der Waals surface area contributed by atoms with Crippen molar-refractivity contribution in [2.75, 3.05) is 16.8 Å². The highest BCUT2D eigenvalue weighted by atomic mass is 19.4. The van der Waals surface area contributed by atoms with Gasteiger partial charge >= 0.3 is 12.2 Å². The third-order valence-corrected chi connectivity index (χ3v) is 4.84. The summed E-state index contributed by atoms with van der Waals surface area (Å²) < 4.78 is 39.3. The minimum atomic E-state index is -4.44. The number of fused-ring (bicyclic) bond motifs is 1. The Morgan fingerprint density at radius 2 is 1.97 bits per heavy atom. The Balaban J connectivity index is 1.69. The van der Waals surface area contributed by atoms with E-state index in [2.05, 4.69) is 20.3 Å². The van der Waals surface area contributed by atoms with Gasteiger partial charge in [0.05, 0.1) is 11.3 Å². The van der Waals surface area contributed by atoms with E-state index in [1.807, 2.05) is 6.07 Å². The lowest BCUT2D eigenvalue weighted by molar-refractivity contribution is -0.137. The molecule has 2 aromatic heterocycles. The number of carbonyl (C=O) groups is 1. The van der Waals surface area contributed by atoms with Crippen molar-refractivity contribution >= 4 is 17.7 Å². The van der Waals surface area contributed by atoms with Gasteiger partial charge in [-0.3, -0.25) is 10.2 Å². The molecule has 1 aliphatic heterocycles. The topological polar surface area (TPSA) is 71.0 Å². The fourth-order valence-corrected chi connectivity index (χ4v) is 3.35. The third-order valence-electron chi connectivity index (χ3n) is 4.84. The molecule has 1 N–H and O–H groups in total. The quantitative estimate of drug-likeness (QED) is 0.647. The SMILES string of the molecule is O=C(Nc1ccncn1)N1CCCCc2ccc(-c3cccc(C(F)(F)F)c3)nc21. The Bertz CT molecular complexity index is 1060. The molecule has 0 unspecified atom stereocenters. The monoisotopic (exact) mass is 413 g/mol. The summed E-state index contributed by atoms with van der Waals surface area (Å²) in [5, 5.41) is 2.72. The van der Waals surface area contributed by atoms with Gasteiger partial charge < -0.3 is 0 Å². The Morgan fingerprint density at radius 1 is 1.10 bits per heavy atom. The number of anilines is 2. The Labute approximate surface area is 170 Å². The van der Waals surface area contributed by atoms with E-state index in [0.29, 0.717) is 29.4 Å². The van der Waals surface area contributed by atoms with Crippen molar-refractivity contribution in [1.29, 1.82) is 0 Å². The largest absolute Gasteiger partial charge is 0.416 e. The van der Waals surface area contributed by atoms with Crippen LogP contribution < -0.4 is 10.2 Å². The second-order valence-electron chi connectivity index (χ2n) is 6.89. The first-order chi connectivity index (χ1) is 14.4. The summed E-state index contributed by atoms with van der Waals surface area (Å²) in [6, 6.07) is 9.71. The Hall–Kier alpha value is -3.49. The third kappa shape index (κ3) is 4.24. The summed E-state index contributed by atoms with van der Waals surface area (Å²) >= 11 is 0. The maximum absolute atomic E-state index is 13.1. The van der Waals surface area contributed by atoms with Gasteiger partial charge in [-0.15, -0.1) is 0 Å². The lowest BCUT2D eigenvalue weighted by atomic mass is 10.0. The molecule has 0 fully saturated rings. The molecule has 6 nitrogen and oxygen atoms in total. The highest BCUT2D eigenvalue weighted by molar-refractivity contribution is 6.01. The lowest BCUT2D eigenvalue weighted by Crippen LogP contribution is -2.36. The molecule has 0 saturated carbocycles. The number of rotatable bonds is 2. The van der Waals surface area contributed by atoms with E-state index in [4.69, 9.17) is 0 Å². The average molecular weight is 413 g/mol. The van der Waals surface area contributed by atoms with Crippen molar-refractivity contribution < 1.29 is 18.0 Å². The van der Waals surface area contributed by atoms with Crippen LogP contribution in [-0.4, -0.2) is 27.5 Å². The molecule has 3 heterocycles. The van der Waals surface area contributed by atoms with Crippen LogP contribution in [-0.2, 0) is 12.6 Å². The Morgan fingerprint density at radius 3 is 2.73 bits per heavy atom. The van der Waals surface area contributed by atoms with Gasteiger partial charge in [-0.1, -0.05) is 18.2 Å². The number of urea groups is 1. The molecule has 1 aromatic carbocycles. The van der Waals surface area contributed by atoms with Crippen LogP contribution in [0.5, 0.6) is 0 Å². The second kappa shape index (κ2) is 8.10. The molecule has 0 aliphatic carbocycles. The zero-order chi connectivity index (χ0) is 21.1. The predicted molar refractivity (Wildman–Crippen MR) is 106 cm³/mol. The summed E-state index contributed by atoms with van der Waals surface area (Å²) in [5.41, 5.74) is 0.853. The zero-order valence-corrected chi connectivity index (χ0v) is 15.9. The van der Waals surface area contributed by atoms with Crippen molar-refractivity contribution in [1.82, 2.24) is 15.0 Å². The van der Waals surface area contributed by atoms with Gasteiger partial charge in [-0.2, -0.15) is 13.2 Å². The van der Waals surface area contributed by atoms with Crippen molar-refractivity contribution in [2.45, 2.75) is 25.4 Å². The van der Waals surface area contributed by atoms with Crippen LogP contribution >= 0.6 is 0 Å². The second-order valence-corrected chi connectivity index (χ2v) is 6.89. The predicted octanol–water partition coefficient (Wildman–Crippen LogP) is 4.93. The van der Waals surface area contributed by atoms with E-state index in [1.165, 1.54) is 23.5 Å². The molecule has 4 rings (SSSR count). The number of nitrogens with one attached hydrogen (secondary N) is 1. The molecule has 9 heteroatoms. The van der Waals surface area contributed by atoms with Gasteiger partial charge in [0.25, 0.3) is 0 Å². The number of alkyl halides is 3. The Kier molecular flexibility index (Phi) is 5.35. The van der Waals surface area contributed by atoms with E-state index >= 15 is 0 Å². The molecule has 1 aliphatic rings. The van der Waals surface area contributed by atoms with Crippen LogP contribution in [0.2, 0.25) is 0 Å². The summed E-state index contributed by atoms with van der Waals surface area (Å²) in [7, 11) is 0. The number of amides is 2. The van der Waals surface area contributed by atoms with Crippen LogP contribution in [0.4, 0.5) is 29.6 Å². The first-order valence-electron chi connectivity index (χ1n) is 9.44. The van der Waals surface area contributed by atoms with Crippen molar-refractivity contribution in [3.63, 3.8) is 0 Å². The van der Waals surface area contributed by atoms with Gasteiger partial charge in [-0.25, -0.2) is 19.7 Å². The lowest BCUT2D eigenvalue weighted by Gasteiger charge is -2.22. The van der Waals surface area contributed by atoms with E-state index in [-0.39, 0.29) is 0 Å². The molecule has 0 saturated heterocycles. The number of aromatic nitrogens is 3. The highest BCUT2D eigenvalue weighted by Crippen LogP contribution is 2.33.